The summed E-state index contributed by atoms with van der Waals surface area (Å²) >= 11 is 0. The van der Waals surface area contributed by atoms with Crippen molar-refractivity contribution in [1.29, 1.82) is 0 Å². The zero-order valence-corrected chi connectivity index (χ0v) is 15.1. The first kappa shape index (κ1) is 16.4. The average molecular weight is 337 g/mol. The molecule has 2 aliphatic rings. The number of carbonyl (C=O) groups excluding carboxylic acids is 1. The molecule has 0 bridgehead atoms. The van der Waals surface area contributed by atoms with Gasteiger partial charge in [-0.2, -0.15) is 0 Å². The van der Waals surface area contributed by atoms with E-state index in [1.165, 1.54) is 16.9 Å². The second-order valence-corrected chi connectivity index (χ2v) is 7.31. The van der Waals surface area contributed by atoms with Crippen LogP contribution in [0.15, 0.2) is 36.5 Å². The number of carbonyl (C=O) groups is 1. The number of nitrogens with zero attached hydrogens (tertiary/aromatic N) is 3. The van der Waals surface area contributed by atoms with E-state index < -0.39 is 0 Å². The molecule has 0 radical (unpaired) electrons. The SMILES string of the molecule is Cc1ccc(N2CCN(CCn3ccc4c3CCCC4=O)CC2)cc1. The van der Waals surface area contributed by atoms with Crippen LogP contribution < -0.4 is 4.90 Å². The zero-order valence-electron chi connectivity index (χ0n) is 15.1. The molecule has 1 aliphatic heterocycles. The number of fused-ring (bicyclic) bond motifs is 1. The Kier molecular flexibility index (Phi) is 4.62. The van der Waals surface area contributed by atoms with E-state index in [4.69, 9.17) is 0 Å². The summed E-state index contributed by atoms with van der Waals surface area (Å²) in [6, 6.07) is 10.9. The van der Waals surface area contributed by atoms with Gasteiger partial charge in [0.25, 0.3) is 0 Å². The molecule has 0 N–H and O–H groups in total. The number of ketones is 1. The molecule has 1 fully saturated rings. The molecule has 1 saturated heterocycles. The Labute approximate surface area is 150 Å². The standard InChI is InChI=1S/C21H27N3O/c1-17-5-7-18(8-6-17)23-14-11-22(12-15-23)13-16-24-10-9-19-20(24)3-2-4-21(19)25/h5-10H,2-4,11-16H2,1H3. The number of hydrogen-bond donors (Lipinski definition) is 0. The van der Waals surface area contributed by atoms with Gasteiger partial charge >= 0.3 is 0 Å². The molecule has 1 aliphatic carbocycles. The predicted molar refractivity (Wildman–Crippen MR) is 102 cm³/mol. The molecule has 1 aromatic heterocycles. The van der Waals surface area contributed by atoms with E-state index in [0.717, 1.165) is 64.1 Å². The number of Topliss-reactive ketones (excluding diaryl/α,β-unsaturated/α-hetero) is 1. The van der Waals surface area contributed by atoms with Gasteiger partial charge in [0.05, 0.1) is 0 Å². The maximum Gasteiger partial charge on any atom is 0.164 e. The van der Waals surface area contributed by atoms with Gasteiger partial charge < -0.3 is 9.47 Å². The van der Waals surface area contributed by atoms with Crippen LogP contribution in [0.3, 0.4) is 0 Å². The summed E-state index contributed by atoms with van der Waals surface area (Å²) in [5.74, 6) is 0.326. The maximum absolute atomic E-state index is 12.0. The molecule has 25 heavy (non-hydrogen) atoms. The molecule has 0 atom stereocenters. The highest BCUT2D eigenvalue weighted by Gasteiger charge is 2.21. The van der Waals surface area contributed by atoms with Crippen molar-refractivity contribution in [3.8, 4) is 0 Å². The Morgan fingerprint density at radius 3 is 2.44 bits per heavy atom. The minimum Gasteiger partial charge on any atom is -0.369 e. The van der Waals surface area contributed by atoms with Crippen LogP contribution in [0.5, 0.6) is 0 Å². The molecule has 2 heterocycles. The number of rotatable bonds is 4. The van der Waals surface area contributed by atoms with Crippen LogP contribution in [-0.2, 0) is 13.0 Å². The Hall–Kier alpha value is -2.07. The van der Waals surface area contributed by atoms with Crippen LogP contribution in [0.2, 0.25) is 0 Å². The van der Waals surface area contributed by atoms with Crippen molar-refractivity contribution in [2.45, 2.75) is 32.7 Å². The van der Waals surface area contributed by atoms with Gasteiger partial charge in [0.1, 0.15) is 0 Å². The maximum atomic E-state index is 12.0. The van der Waals surface area contributed by atoms with E-state index >= 15 is 0 Å². The van der Waals surface area contributed by atoms with Crippen molar-refractivity contribution in [3.05, 3.63) is 53.3 Å². The van der Waals surface area contributed by atoms with Gasteiger partial charge in [-0.05, 0) is 38.0 Å². The van der Waals surface area contributed by atoms with Crippen LogP contribution in [0.4, 0.5) is 5.69 Å². The highest BCUT2D eigenvalue weighted by Crippen LogP contribution is 2.22. The second-order valence-electron chi connectivity index (χ2n) is 7.31. The summed E-state index contributed by atoms with van der Waals surface area (Å²) in [5.41, 5.74) is 4.88. The largest absolute Gasteiger partial charge is 0.369 e. The third-order valence-electron chi connectivity index (χ3n) is 5.63. The van der Waals surface area contributed by atoms with Crippen molar-refractivity contribution in [3.63, 3.8) is 0 Å². The zero-order chi connectivity index (χ0) is 17.2. The molecule has 4 rings (SSSR count). The Bertz CT molecular complexity index is 739. The number of benzene rings is 1. The molecule has 0 saturated carbocycles. The molecule has 4 nitrogen and oxygen atoms in total. The number of piperazine rings is 1. The summed E-state index contributed by atoms with van der Waals surface area (Å²) in [6.07, 6.45) is 4.88. The average Bonchev–Trinajstić information content (AvgIpc) is 3.06. The number of anilines is 1. The monoisotopic (exact) mass is 337 g/mol. The van der Waals surface area contributed by atoms with Crippen LogP contribution >= 0.6 is 0 Å². The van der Waals surface area contributed by atoms with E-state index in [2.05, 4.69) is 51.8 Å². The Morgan fingerprint density at radius 1 is 0.920 bits per heavy atom. The lowest BCUT2D eigenvalue weighted by Crippen LogP contribution is -2.47. The molecule has 132 valence electrons. The van der Waals surface area contributed by atoms with Gasteiger partial charge in [0.15, 0.2) is 5.78 Å². The van der Waals surface area contributed by atoms with Gasteiger partial charge in [-0.25, -0.2) is 0 Å². The van der Waals surface area contributed by atoms with Crippen molar-refractivity contribution in [2.75, 3.05) is 37.6 Å². The van der Waals surface area contributed by atoms with Crippen molar-refractivity contribution < 1.29 is 4.79 Å². The van der Waals surface area contributed by atoms with Gasteiger partial charge in [0, 0.05) is 68.8 Å². The summed E-state index contributed by atoms with van der Waals surface area (Å²) in [7, 11) is 0. The third kappa shape index (κ3) is 3.49. The number of hydrogen-bond acceptors (Lipinski definition) is 3. The van der Waals surface area contributed by atoms with Crippen molar-refractivity contribution in [2.24, 2.45) is 0 Å². The van der Waals surface area contributed by atoms with E-state index in [1.54, 1.807) is 0 Å². The second kappa shape index (κ2) is 7.04. The predicted octanol–water partition coefficient (Wildman–Crippen LogP) is 3.14. The molecular weight excluding hydrogens is 310 g/mol. The van der Waals surface area contributed by atoms with Crippen LogP contribution in [0, 0.1) is 6.92 Å². The van der Waals surface area contributed by atoms with Crippen LogP contribution in [-0.4, -0.2) is 48.0 Å². The van der Waals surface area contributed by atoms with E-state index in [0.29, 0.717) is 5.78 Å². The summed E-state index contributed by atoms with van der Waals surface area (Å²) in [6.45, 7) is 8.59. The molecule has 4 heteroatoms. The first-order chi connectivity index (χ1) is 12.2. The van der Waals surface area contributed by atoms with Gasteiger partial charge in [0.2, 0.25) is 0 Å². The summed E-state index contributed by atoms with van der Waals surface area (Å²) < 4.78 is 2.30. The van der Waals surface area contributed by atoms with Gasteiger partial charge in [-0.1, -0.05) is 17.7 Å². The fourth-order valence-electron chi connectivity index (χ4n) is 4.03. The lowest BCUT2D eigenvalue weighted by molar-refractivity contribution is 0.0971. The van der Waals surface area contributed by atoms with Gasteiger partial charge in [-0.15, -0.1) is 0 Å². The molecule has 0 amide bonds. The molecular formula is C21H27N3O. The Balaban J connectivity index is 1.31. The summed E-state index contributed by atoms with van der Waals surface area (Å²) in [4.78, 5) is 17.0. The Morgan fingerprint density at radius 2 is 1.68 bits per heavy atom. The fourth-order valence-corrected chi connectivity index (χ4v) is 4.03. The first-order valence-electron chi connectivity index (χ1n) is 9.46. The minimum atomic E-state index is 0.326. The van der Waals surface area contributed by atoms with Crippen LogP contribution in [0.25, 0.3) is 0 Å². The number of aromatic nitrogens is 1. The van der Waals surface area contributed by atoms with Crippen molar-refractivity contribution in [1.82, 2.24) is 9.47 Å². The summed E-state index contributed by atoms with van der Waals surface area (Å²) in [5, 5.41) is 0. The smallest absolute Gasteiger partial charge is 0.164 e. The molecule has 1 aromatic carbocycles. The molecule has 2 aromatic rings. The van der Waals surface area contributed by atoms with Crippen LogP contribution in [0.1, 0.15) is 34.5 Å². The van der Waals surface area contributed by atoms with E-state index in [1.807, 2.05) is 6.07 Å². The lowest BCUT2D eigenvalue weighted by Gasteiger charge is -2.36. The first-order valence-corrected chi connectivity index (χ1v) is 9.46. The molecule has 0 unspecified atom stereocenters. The highest BCUT2D eigenvalue weighted by molar-refractivity contribution is 5.98. The van der Waals surface area contributed by atoms with E-state index in [-0.39, 0.29) is 0 Å². The number of aryl methyl sites for hydroxylation is 1. The fraction of sp³-hybridized carbons (Fsp3) is 0.476. The minimum absolute atomic E-state index is 0.326. The quantitative estimate of drug-likeness (QED) is 0.858. The molecule has 0 spiro atoms. The van der Waals surface area contributed by atoms with E-state index in [9.17, 15) is 4.79 Å². The van der Waals surface area contributed by atoms with Gasteiger partial charge in [-0.3, -0.25) is 9.69 Å². The lowest BCUT2D eigenvalue weighted by atomic mass is 9.97. The topological polar surface area (TPSA) is 28.5 Å². The third-order valence-corrected chi connectivity index (χ3v) is 5.63. The highest BCUT2D eigenvalue weighted by atomic mass is 16.1. The normalized spacial score (nSPS) is 18.4. The van der Waals surface area contributed by atoms with Crippen molar-refractivity contribution >= 4 is 11.5 Å².